The van der Waals surface area contributed by atoms with E-state index in [9.17, 15) is 21.2 Å². The van der Waals surface area contributed by atoms with Crippen molar-refractivity contribution in [2.75, 3.05) is 6.26 Å². The highest BCUT2D eigenvalue weighted by molar-refractivity contribution is 7.93. The van der Waals surface area contributed by atoms with Gasteiger partial charge in [-0.3, -0.25) is 0 Å². The molecule has 2 aromatic carbocycles. The van der Waals surface area contributed by atoms with Gasteiger partial charge in [0.05, 0.1) is 9.79 Å². The average molecular weight is 462 g/mol. The maximum atomic E-state index is 13.2. The maximum Gasteiger partial charge on any atom is 0.215 e. The minimum atomic E-state index is -3.84. The second-order valence-electron chi connectivity index (χ2n) is 5.87. The minimum absolute atomic E-state index is 0. The van der Waals surface area contributed by atoms with E-state index in [1.807, 2.05) is 0 Å². The van der Waals surface area contributed by atoms with Gasteiger partial charge in [-0.25, -0.2) is 21.2 Å². The Morgan fingerprint density at radius 3 is 2.14 bits per heavy atom. The summed E-state index contributed by atoms with van der Waals surface area (Å²) >= 11 is 1.07. The molecule has 10 heteroatoms. The standard InChI is InChI=1S/C18H16FNO4S3.ClH/c1-26(21,22)17-8-7-15(10-16(17)12-2-4-13(19)5-3-12)27(23,24)18-9-6-14(11-20)25-18;/h2-10H,11,20H2,1H3;1H. The molecule has 150 valence electrons. The Morgan fingerprint density at radius 2 is 1.61 bits per heavy atom. The Bertz CT molecular complexity index is 1200. The van der Waals surface area contributed by atoms with Crippen molar-refractivity contribution in [3.8, 4) is 11.1 Å². The molecule has 1 aromatic heterocycles. The summed E-state index contributed by atoms with van der Waals surface area (Å²) < 4.78 is 63.5. The lowest BCUT2D eigenvalue weighted by Gasteiger charge is -2.11. The molecule has 5 nitrogen and oxygen atoms in total. The normalized spacial score (nSPS) is 11.8. The van der Waals surface area contributed by atoms with Gasteiger partial charge in [0.1, 0.15) is 10.0 Å². The van der Waals surface area contributed by atoms with Crippen LogP contribution in [-0.2, 0) is 26.2 Å². The number of sulfone groups is 2. The summed E-state index contributed by atoms with van der Waals surface area (Å²) in [6.07, 6.45) is 1.04. The first-order valence-corrected chi connectivity index (χ1v) is 12.0. The first-order chi connectivity index (χ1) is 12.6. The number of benzene rings is 2. The van der Waals surface area contributed by atoms with Crippen LogP contribution in [0.25, 0.3) is 11.1 Å². The molecule has 28 heavy (non-hydrogen) atoms. The number of thiophene rings is 1. The molecule has 0 amide bonds. The summed E-state index contributed by atoms with van der Waals surface area (Å²) in [5, 5.41) is 0. The van der Waals surface area contributed by atoms with Crippen LogP contribution in [0.2, 0.25) is 0 Å². The first kappa shape index (κ1) is 22.5. The summed E-state index contributed by atoms with van der Waals surface area (Å²) in [7, 11) is -7.46. The number of hydrogen-bond donors (Lipinski definition) is 1. The minimum Gasteiger partial charge on any atom is -0.326 e. The van der Waals surface area contributed by atoms with Gasteiger partial charge >= 0.3 is 0 Å². The quantitative estimate of drug-likeness (QED) is 0.625. The smallest absolute Gasteiger partial charge is 0.215 e. The van der Waals surface area contributed by atoms with Gasteiger partial charge in [0.15, 0.2) is 9.84 Å². The van der Waals surface area contributed by atoms with E-state index in [2.05, 4.69) is 0 Å². The fraction of sp³-hybridized carbons (Fsp3) is 0.111. The van der Waals surface area contributed by atoms with Gasteiger partial charge in [-0.2, -0.15) is 0 Å². The molecule has 0 atom stereocenters. The third-order valence-electron chi connectivity index (χ3n) is 3.92. The zero-order valence-electron chi connectivity index (χ0n) is 14.6. The predicted octanol–water partition coefficient (Wildman–Crippen LogP) is 3.67. The largest absolute Gasteiger partial charge is 0.326 e. The average Bonchev–Trinajstić information content (AvgIpc) is 3.11. The van der Waals surface area contributed by atoms with Crippen LogP contribution in [0.4, 0.5) is 4.39 Å². The Hall–Kier alpha value is -1.78. The van der Waals surface area contributed by atoms with Gasteiger partial charge in [-0.05, 0) is 48.0 Å². The molecule has 0 saturated heterocycles. The molecule has 0 fully saturated rings. The molecule has 3 aromatic rings. The highest BCUT2D eigenvalue weighted by Gasteiger charge is 2.23. The van der Waals surface area contributed by atoms with E-state index in [-0.39, 0.29) is 38.5 Å². The fourth-order valence-electron chi connectivity index (χ4n) is 2.58. The van der Waals surface area contributed by atoms with Gasteiger partial charge < -0.3 is 5.73 Å². The van der Waals surface area contributed by atoms with Crippen LogP contribution in [0.1, 0.15) is 4.88 Å². The summed E-state index contributed by atoms with van der Waals surface area (Å²) in [6.45, 7) is 0.230. The van der Waals surface area contributed by atoms with Crippen molar-refractivity contribution in [3.63, 3.8) is 0 Å². The third-order valence-corrected chi connectivity index (χ3v) is 8.42. The Labute approximate surface area is 173 Å². The molecule has 2 N–H and O–H groups in total. The summed E-state index contributed by atoms with van der Waals surface area (Å²) in [5.74, 6) is -0.476. The summed E-state index contributed by atoms with van der Waals surface area (Å²) in [5.41, 5.74) is 6.15. The predicted molar refractivity (Wildman–Crippen MR) is 110 cm³/mol. The van der Waals surface area contributed by atoms with Crippen LogP contribution in [-0.4, -0.2) is 23.1 Å². The van der Waals surface area contributed by atoms with Crippen molar-refractivity contribution in [1.82, 2.24) is 0 Å². The van der Waals surface area contributed by atoms with E-state index >= 15 is 0 Å². The van der Waals surface area contributed by atoms with E-state index in [0.717, 1.165) is 22.5 Å². The van der Waals surface area contributed by atoms with Gasteiger partial charge in [0.2, 0.25) is 9.84 Å². The van der Waals surface area contributed by atoms with Crippen molar-refractivity contribution in [1.29, 1.82) is 0 Å². The molecule has 1 heterocycles. The Morgan fingerprint density at radius 1 is 0.964 bits per heavy atom. The molecule has 0 bridgehead atoms. The topological polar surface area (TPSA) is 94.3 Å². The number of halogens is 2. The molecule has 0 radical (unpaired) electrons. The second-order valence-corrected chi connectivity index (χ2v) is 11.2. The van der Waals surface area contributed by atoms with Gasteiger partial charge in [-0.15, -0.1) is 23.7 Å². The van der Waals surface area contributed by atoms with Crippen LogP contribution >= 0.6 is 23.7 Å². The highest BCUT2D eigenvalue weighted by Crippen LogP contribution is 2.34. The van der Waals surface area contributed by atoms with Gasteiger partial charge in [0, 0.05) is 23.2 Å². The van der Waals surface area contributed by atoms with Gasteiger partial charge in [-0.1, -0.05) is 12.1 Å². The molecule has 3 rings (SSSR count). The molecule has 0 aliphatic carbocycles. The lowest BCUT2D eigenvalue weighted by atomic mass is 10.1. The molecule has 0 spiro atoms. The van der Waals surface area contributed by atoms with Crippen molar-refractivity contribution >= 4 is 43.4 Å². The number of nitrogens with two attached hydrogens (primary N) is 1. The summed E-state index contributed by atoms with van der Waals surface area (Å²) in [4.78, 5) is 0.654. The molecule has 0 saturated carbocycles. The zero-order valence-corrected chi connectivity index (χ0v) is 17.9. The number of rotatable bonds is 5. The Balaban J connectivity index is 0.00000280. The van der Waals surface area contributed by atoms with Crippen LogP contribution < -0.4 is 5.73 Å². The molecule has 0 aliphatic heterocycles. The monoisotopic (exact) mass is 461 g/mol. The lowest BCUT2D eigenvalue weighted by Crippen LogP contribution is -2.04. The second kappa shape index (κ2) is 8.30. The molecule has 0 aliphatic rings. The number of hydrogen-bond acceptors (Lipinski definition) is 6. The van der Waals surface area contributed by atoms with Crippen molar-refractivity contribution < 1.29 is 21.2 Å². The van der Waals surface area contributed by atoms with Crippen LogP contribution in [0.3, 0.4) is 0 Å². The maximum absolute atomic E-state index is 13.2. The molecule has 0 unspecified atom stereocenters. The van der Waals surface area contributed by atoms with E-state index in [1.54, 1.807) is 6.07 Å². The van der Waals surface area contributed by atoms with E-state index < -0.39 is 25.5 Å². The van der Waals surface area contributed by atoms with Crippen LogP contribution in [0.5, 0.6) is 0 Å². The fourth-order valence-corrected chi connectivity index (χ4v) is 6.14. The molecular formula is C18H17ClFNO4S3. The zero-order chi connectivity index (χ0) is 19.8. The van der Waals surface area contributed by atoms with Crippen molar-refractivity contribution in [3.05, 3.63) is 65.3 Å². The van der Waals surface area contributed by atoms with Crippen molar-refractivity contribution in [2.45, 2.75) is 20.5 Å². The highest BCUT2D eigenvalue weighted by atomic mass is 35.5. The van der Waals surface area contributed by atoms with Crippen molar-refractivity contribution in [2.24, 2.45) is 5.73 Å². The van der Waals surface area contributed by atoms with E-state index in [4.69, 9.17) is 5.73 Å². The van der Waals surface area contributed by atoms with Crippen LogP contribution in [0.15, 0.2) is 68.6 Å². The SMILES string of the molecule is CS(=O)(=O)c1ccc(S(=O)(=O)c2ccc(CN)s2)cc1-c1ccc(F)cc1.Cl. The van der Waals surface area contributed by atoms with Crippen LogP contribution in [0, 0.1) is 5.82 Å². The third kappa shape index (κ3) is 4.44. The molecular weight excluding hydrogens is 445 g/mol. The van der Waals surface area contributed by atoms with Gasteiger partial charge in [0.25, 0.3) is 0 Å². The lowest BCUT2D eigenvalue weighted by molar-refractivity contribution is 0.596. The first-order valence-electron chi connectivity index (χ1n) is 7.77. The Kier molecular flexibility index (Phi) is 6.67. The van der Waals surface area contributed by atoms with E-state index in [0.29, 0.717) is 5.56 Å². The summed E-state index contributed by atoms with van der Waals surface area (Å²) in [6, 6.07) is 12.2. The van der Waals surface area contributed by atoms with E-state index in [1.165, 1.54) is 48.5 Å².